The number of aliphatic imine (C=N–C) groups is 1. The maximum atomic E-state index is 6.94. The van der Waals surface area contributed by atoms with E-state index >= 15 is 0 Å². The van der Waals surface area contributed by atoms with Gasteiger partial charge in [-0.05, 0) is 51.6 Å². The fourth-order valence-electron chi connectivity index (χ4n) is 7.34. The third kappa shape index (κ3) is 3.53. The second-order valence-electron chi connectivity index (χ2n) is 11.5. The van der Waals surface area contributed by atoms with Crippen molar-refractivity contribution in [3.8, 4) is 22.6 Å². The summed E-state index contributed by atoms with van der Waals surface area (Å²) in [4.78, 5) is 5.16. The van der Waals surface area contributed by atoms with Gasteiger partial charge < -0.3 is 10.1 Å². The zero-order chi connectivity index (χ0) is 29.1. The van der Waals surface area contributed by atoms with Crippen LogP contribution in [-0.2, 0) is 5.41 Å². The highest BCUT2D eigenvalue weighted by Gasteiger charge is 2.51. The SMILES string of the molecule is C1=C(c2cccc3c2Oc2ccccc2C32c3ccccc3-c3ccccc32)NC(c2ccccc2)N=C1c1ccccc1. The van der Waals surface area contributed by atoms with E-state index in [-0.39, 0.29) is 6.17 Å². The topological polar surface area (TPSA) is 33.6 Å². The third-order valence-corrected chi connectivity index (χ3v) is 9.19. The standard InChI is InChI=1S/C41H28N2O/c1-3-14-27(15-4-1)36-26-37(43-40(42-36)28-16-5-2-6-17-28)31-20-13-24-35-39(31)44-38-25-12-11-23-34(38)41(35)32-21-9-7-18-29(32)30-19-8-10-22-33(30)41/h1-26,40,43H. The number of para-hydroxylation sites is 2. The Morgan fingerprint density at radius 3 is 1.82 bits per heavy atom. The van der Waals surface area contributed by atoms with E-state index in [1.54, 1.807) is 0 Å². The Hall–Kier alpha value is -5.67. The van der Waals surface area contributed by atoms with E-state index in [0.717, 1.165) is 45.2 Å². The molecule has 1 atom stereocenters. The monoisotopic (exact) mass is 564 g/mol. The third-order valence-electron chi connectivity index (χ3n) is 9.19. The zero-order valence-corrected chi connectivity index (χ0v) is 23.9. The van der Waals surface area contributed by atoms with E-state index in [2.05, 4.69) is 151 Å². The van der Waals surface area contributed by atoms with Gasteiger partial charge in [-0.1, -0.05) is 140 Å². The second-order valence-corrected chi connectivity index (χ2v) is 11.5. The number of rotatable bonds is 3. The number of nitrogens with one attached hydrogen (secondary N) is 1. The summed E-state index contributed by atoms with van der Waals surface area (Å²) < 4.78 is 6.94. The highest BCUT2D eigenvalue weighted by molar-refractivity contribution is 6.13. The average Bonchev–Trinajstić information content (AvgIpc) is 3.40. The van der Waals surface area contributed by atoms with Gasteiger partial charge in [0.05, 0.1) is 11.1 Å². The van der Waals surface area contributed by atoms with Crippen molar-refractivity contribution >= 4 is 11.4 Å². The summed E-state index contributed by atoms with van der Waals surface area (Å²) in [6.07, 6.45) is 1.93. The van der Waals surface area contributed by atoms with Crippen LogP contribution in [-0.4, -0.2) is 5.71 Å². The molecule has 9 rings (SSSR count). The van der Waals surface area contributed by atoms with Crippen molar-refractivity contribution in [2.45, 2.75) is 11.6 Å². The molecule has 0 radical (unpaired) electrons. The zero-order valence-electron chi connectivity index (χ0n) is 23.9. The molecule has 6 aromatic rings. The minimum atomic E-state index is -0.502. The molecule has 1 aliphatic carbocycles. The summed E-state index contributed by atoms with van der Waals surface area (Å²) in [6.45, 7) is 0. The molecular formula is C41H28N2O. The number of allylic oxidation sites excluding steroid dienone is 1. The summed E-state index contributed by atoms with van der Waals surface area (Å²) in [5.74, 6) is 1.75. The summed E-state index contributed by atoms with van der Waals surface area (Å²) in [6, 6.07) is 53.6. The van der Waals surface area contributed by atoms with Crippen LogP contribution in [0.25, 0.3) is 16.8 Å². The van der Waals surface area contributed by atoms with Crippen molar-refractivity contribution in [3.05, 3.63) is 197 Å². The number of benzene rings is 6. The van der Waals surface area contributed by atoms with E-state index in [4.69, 9.17) is 9.73 Å². The molecule has 1 N–H and O–H groups in total. The molecule has 2 heterocycles. The molecule has 1 spiro atoms. The van der Waals surface area contributed by atoms with E-state index in [9.17, 15) is 0 Å². The minimum absolute atomic E-state index is 0.236. The van der Waals surface area contributed by atoms with Crippen molar-refractivity contribution in [1.82, 2.24) is 5.32 Å². The predicted octanol–water partition coefficient (Wildman–Crippen LogP) is 9.29. The Labute approximate surface area is 256 Å². The average molecular weight is 565 g/mol. The number of fused-ring (bicyclic) bond motifs is 9. The molecule has 0 fully saturated rings. The van der Waals surface area contributed by atoms with Crippen LogP contribution >= 0.6 is 0 Å². The largest absolute Gasteiger partial charge is 0.456 e. The van der Waals surface area contributed by atoms with Gasteiger partial charge in [0.25, 0.3) is 0 Å². The fourth-order valence-corrected chi connectivity index (χ4v) is 7.34. The van der Waals surface area contributed by atoms with Crippen LogP contribution in [0.4, 0.5) is 0 Å². The van der Waals surface area contributed by atoms with Crippen LogP contribution in [0, 0.1) is 0 Å². The maximum Gasteiger partial charge on any atom is 0.145 e. The quantitative estimate of drug-likeness (QED) is 0.232. The Kier molecular flexibility index (Phi) is 5.48. The lowest BCUT2D eigenvalue weighted by molar-refractivity contribution is 0.434. The molecule has 0 saturated carbocycles. The fraction of sp³-hybridized carbons (Fsp3) is 0.0488. The molecule has 1 unspecified atom stereocenters. The molecule has 2 aliphatic heterocycles. The lowest BCUT2D eigenvalue weighted by Gasteiger charge is -2.40. The molecule has 3 heteroatoms. The highest BCUT2D eigenvalue weighted by Crippen LogP contribution is 2.62. The molecule has 0 amide bonds. The van der Waals surface area contributed by atoms with Gasteiger partial charge in [-0.15, -0.1) is 0 Å². The van der Waals surface area contributed by atoms with Crippen LogP contribution in [0.2, 0.25) is 0 Å². The number of hydrogen-bond acceptors (Lipinski definition) is 3. The van der Waals surface area contributed by atoms with E-state index in [0.29, 0.717) is 0 Å². The van der Waals surface area contributed by atoms with Gasteiger partial charge in [-0.25, -0.2) is 0 Å². The number of hydrogen-bond donors (Lipinski definition) is 1. The van der Waals surface area contributed by atoms with Crippen LogP contribution in [0.3, 0.4) is 0 Å². The van der Waals surface area contributed by atoms with Gasteiger partial charge in [0.15, 0.2) is 0 Å². The Morgan fingerprint density at radius 2 is 1.09 bits per heavy atom. The lowest BCUT2D eigenvalue weighted by Crippen LogP contribution is -2.33. The molecule has 0 saturated heterocycles. The smallest absolute Gasteiger partial charge is 0.145 e. The van der Waals surface area contributed by atoms with Crippen molar-refractivity contribution in [1.29, 1.82) is 0 Å². The van der Waals surface area contributed by atoms with E-state index in [1.807, 2.05) is 12.1 Å². The highest BCUT2D eigenvalue weighted by atomic mass is 16.5. The molecule has 0 bridgehead atoms. The first-order chi connectivity index (χ1) is 21.8. The molecule has 0 aromatic heterocycles. The lowest BCUT2D eigenvalue weighted by atomic mass is 9.65. The molecule has 44 heavy (non-hydrogen) atoms. The summed E-state index contributed by atoms with van der Waals surface area (Å²) in [7, 11) is 0. The Morgan fingerprint density at radius 1 is 0.523 bits per heavy atom. The Bertz CT molecular complexity index is 2080. The van der Waals surface area contributed by atoms with E-state index in [1.165, 1.54) is 27.8 Å². The van der Waals surface area contributed by atoms with Crippen molar-refractivity contribution in [3.63, 3.8) is 0 Å². The van der Waals surface area contributed by atoms with Crippen molar-refractivity contribution in [2.24, 2.45) is 4.99 Å². The predicted molar refractivity (Wildman–Crippen MR) is 177 cm³/mol. The Balaban J connectivity index is 1.30. The van der Waals surface area contributed by atoms with Gasteiger partial charge in [0, 0.05) is 22.4 Å². The number of ether oxygens (including phenoxy) is 1. The second kappa shape index (κ2) is 9.68. The summed E-state index contributed by atoms with van der Waals surface area (Å²) >= 11 is 0. The van der Waals surface area contributed by atoms with Gasteiger partial charge >= 0.3 is 0 Å². The van der Waals surface area contributed by atoms with Crippen LogP contribution < -0.4 is 10.1 Å². The first-order valence-corrected chi connectivity index (χ1v) is 15.1. The van der Waals surface area contributed by atoms with Crippen molar-refractivity contribution in [2.75, 3.05) is 0 Å². The molecule has 3 nitrogen and oxygen atoms in total. The van der Waals surface area contributed by atoms with Gasteiger partial charge in [0.1, 0.15) is 17.7 Å². The normalized spacial score (nSPS) is 16.8. The molecule has 6 aromatic carbocycles. The van der Waals surface area contributed by atoms with Gasteiger partial charge in [0.2, 0.25) is 0 Å². The van der Waals surface area contributed by atoms with Crippen molar-refractivity contribution < 1.29 is 4.74 Å². The molecular weight excluding hydrogens is 536 g/mol. The minimum Gasteiger partial charge on any atom is -0.456 e. The van der Waals surface area contributed by atoms with Gasteiger partial charge in [-0.3, -0.25) is 4.99 Å². The summed E-state index contributed by atoms with van der Waals surface area (Å²) in [5, 5.41) is 3.77. The van der Waals surface area contributed by atoms with Crippen LogP contribution in [0.15, 0.2) is 163 Å². The van der Waals surface area contributed by atoms with E-state index < -0.39 is 5.41 Å². The first-order valence-electron chi connectivity index (χ1n) is 15.1. The molecule has 208 valence electrons. The van der Waals surface area contributed by atoms with Crippen LogP contribution in [0.5, 0.6) is 11.5 Å². The molecule has 3 aliphatic rings. The summed E-state index contributed by atoms with van der Waals surface area (Å²) in [5.41, 5.74) is 12.1. The van der Waals surface area contributed by atoms with Gasteiger partial charge in [-0.2, -0.15) is 0 Å². The van der Waals surface area contributed by atoms with Crippen LogP contribution in [0.1, 0.15) is 45.1 Å². The first kappa shape index (κ1) is 24.9. The maximum absolute atomic E-state index is 6.94. The number of nitrogens with zero attached hydrogens (tertiary/aromatic N) is 1.